The molecule has 2 rings (SSSR count). The van der Waals surface area contributed by atoms with Crippen LogP contribution in [-0.2, 0) is 11.2 Å². The molecule has 1 amide bonds. The Bertz CT molecular complexity index is 611. The van der Waals surface area contributed by atoms with Crippen LogP contribution in [-0.4, -0.2) is 5.91 Å². The number of aryl methyl sites for hydroxylation is 1. The maximum absolute atomic E-state index is 13.1. The number of carbonyl (C=O) groups excluding carboxylic acids is 1. The Morgan fingerprint density at radius 3 is 2.74 bits per heavy atom. The van der Waals surface area contributed by atoms with Crippen molar-refractivity contribution in [3.8, 4) is 0 Å². The van der Waals surface area contributed by atoms with Gasteiger partial charge >= 0.3 is 0 Å². The molecule has 0 bridgehead atoms. The van der Waals surface area contributed by atoms with Crippen LogP contribution >= 0.6 is 0 Å². The van der Waals surface area contributed by atoms with E-state index in [9.17, 15) is 9.18 Å². The van der Waals surface area contributed by atoms with Crippen molar-refractivity contribution >= 4 is 17.3 Å². The minimum Gasteiger partial charge on any atom is -0.397 e. The van der Waals surface area contributed by atoms with Gasteiger partial charge in [-0.25, -0.2) is 4.39 Å². The number of nitrogens with one attached hydrogen (secondary N) is 1. The number of carbonyl (C=O) groups is 1. The molecule has 0 fully saturated rings. The summed E-state index contributed by atoms with van der Waals surface area (Å²) in [6.07, 6.45) is 0.239. The van der Waals surface area contributed by atoms with Crippen molar-refractivity contribution in [2.45, 2.75) is 13.3 Å². The van der Waals surface area contributed by atoms with E-state index in [1.165, 1.54) is 18.2 Å². The summed E-state index contributed by atoms with van der Waals surface area (Å²) in [6.45, 7) is 1.94. The summed E-state index contributed by atoms with van der Waals surface area (Å²) in [5.74, 6) is -0.646. The summed E-state index contributed by atoms with van der Waals surface area (Å²) in [5.41, 5.74) is 8.32. The number of nitrogen functional groups attached to an aromatic ring is 1. The smallest absolute Gasteiger partial charge is 0.228 e. The van der Waals surface area contributed by atoms with Gasteiger partial charge in [-0.15, -0.1) is 0 Å². The largest absolute Gasteiger partial charge is 0.397 e. The van der Waals surface area contributed by atoms with Gasteiger partial charge < -0.3 is 11.1 Å². The molecule has 3 N–H and O–H groups in total. The van der Waals surface area contributed by atoms with Crippen LogP contribution in [0.1, 0.15) is 11.1 Å². The molecular formula is C15H15FN2O. The third-order valence-corrected chi connectivity index (χ3v) is 2.90. The van der Waals surface area contributed by atoms with Crippen LogP contribution < -0.4 is 11.1 Å². The van der Waals surface area contributed by atoms with Gasteiger partial charge in [-0.05, 0) is 36.2 Å². The summed E-state index contributed by atoms with van der Waals surface area (Å²) >= 11 is 0. The fourth-order valence-electron chi connectivity index (χ4n) is 1.81. The molecule has 98 valence electrons. The van der Waals surface area contributed by atoms with Gasteiger partial charge in [0.15, 0.2) is 0 Å². The third kappa shape index (κ3) is 3.31. The molecule has 2 aromatic carbocycles. The molecule has 0 saturated heterocycles. The quantitative estimate of drug-likeness (QED) is 0.832. The van der Waals surface area contributed by atoms with Crippen molar-refractivity contribution in [2.24, 2.45) is 0 Å². The lowest BCUT2D eigenvalue weighted by Crippen LogP contribution is -2.16. The molecular weight excluding hydrogens is 243 g/mol. The minimum atomic E-state index is -0.430. The number of hydrogen-bond donors (Lipinski definition) is 2. The molecule has 0 aliphatic heterocycles. The predicted molar refractivity (Wildman–Crippen MR) is 74.3 cm³/mol. The Morgan fingerprint density at radius 2 is 2.00 bits per heavy atom. The van der Waals surface area contributed by atoms with Gasteiger partial charge in [0.2, 0.25) is 5.91 Å². The number of rotatable bonds is 3. The standard InChI is InChI=1S/C15H15FN2O/c1-10-4-2-3-5-11(10)8-15(19)18-14-9-12(16)6-7-13(14)17/h2-7,9H,8,17H2,1H3,(H,18,19). The molecule has 19 heavy (non-hydrogen) atoms. The number of hydrogen-bond acceptors (Lipinski definition) is 2. The van der Waals surface area contributed by atoms with Crippen molar-refractivity contribution in [1.82, 2.24) is 0 Å². The van der Waals surface area contributed by atoms with E-state index in [1.807, 2.05) is 31.2 Å². The summed E-state index contributed by atoms with van der Waals surface area (Å²) in [4.78, 5) is 11.9. The third-order valence-electron chi connectivity index (χ3n) is 2.90. The molecule has 0 aromatic heterocycles. The first-order valence-corrected chi connectivity index (χ1v) is 5.95. The van der Waals surface area contributed by atoms with Crippen LogP contribution in [0.15, 0.2) is 42.5 Å². The van der Waals surface area contributed by atoms with Crippen molar-refractivity contribution in [3.63, 3.8) is 0 Å². The lowest BCUT2D eigenvalue weighted by atomic mass is 10.1. The van der Waals surface area contributed by atoms with E-state index in [1.54, 1.807) is 0 Å². The zero-order chi connectivity index (χ0) is 13.8. The topological polar surface area (TPSA) is 55.1 Å². The van der Waals surface area contributed by atoms with E-state index in [0.29, 0.717) is 11.4 Å². The summed E-state index contributed by atoms with van der Waals surface area (Å²) in [7, 11) is 0. The Labute approximate surface area is 111 Å². The van der Waals surface area contributed by atoms with Crippen molar-refractivity contribution in [3.05, 3.63) is 59.4 Å². The SMILES string of the molecule is Cc1ccccc1CC(=O)Nc1cc(F)ccc1N. The van der Waals surface area contributed by atoms with E-state index in [2.05, 4.69) is 5.32 Å². The highest BCUT2D eigenvalue weighted by molar-refractivity contribution is 5.95. The first kappa shape index (κ1) is 13.1. The van der Waals surface area contributed by atoms with E-state index < -0.39 is 5.82 Å². The van der Waals surface area contributed by atoms with Gasteiger partial charge in [0, 0.05) is 0 Å². The average Bonchev–Trinajstić information content (AvgIpc) is 2.37. The van der Waals surface area contributed by atoms with E-state index in [0.717, 1.165) is 11.1 Å². The van der Waals surface area contributed by atoms with Gasteiger partial charge in [0.05, 0.1) is 17.8 Å². The molecule has 0 atom stereocenters. The minimum absolute atomic E-state index is 0.216. The van der Waals surface area contributed by atoms with Crippen LogP contribution in [0.25, 0.3) is 0 Å². The second-order valence-corrected chi connectivity index (χ2v) is 4.38. The predicted octanol–water partition coefficient (Wildman–Crippen LogP) is 2.90. The van der Waals surface area contributed by atoms with Gasteiger partial charge in [0.1, 0.15) is 5.82 Å². The van der Waals surface area contributed by atoms with Crippen LogP contribution in [0, 0.1) is 12.7 Å². The molecule has 2 aromatic rings. The highest BCUT2D eigenvalue weighted by Gasteiger charge is 2.08. The second kappa shape index (κ2) is 5.52. The van der Waals surface area contributed by atoms with Crippen LogP contribution in [0.5, 0.6) is 0 Å². The van der Waals surface area contributed by atoms with Crippen molar-refractivity contribution in [2.75, 3.05) is 11.1 Å². The van der Waals surface area contributed by atoms with Crippen molar-refractivity contribution in [1.29, 1.82) is 0 Å². The average molecular weight is 258 g/mol. The number of halogens is 1. The Hall–Kier alpha value is -2.36. The Balaban J connectivity index is 2.10. The summed E-state index contributed by atoms with van der Waals surface area (Å²) in [6, 6.07) is 11.5. The lowest BCUT2D eigenvalue weighted by Gasteiger charge is -2.09. The Kier molecular flexibility index (Phi) is 3.80. The fourth-order valence-corrected chi connectivity index (χ4v) is 1.81. The first-order chi connectivity index (χ1) is 9.06. The van der Waals surface area contributed by atoms with E-state index >= 15 is 0 Å². The number of nitrogens with two attached hydrogens (primary N) is 1. The monoisotopic (exact) mass is 258 g/mol. The zero-order valence-electron chi connectivity index (χ0n) is 10.6. The maximum Gasteiger partial charge on any atom is 0.228 e. The highest BCUT2D eigenvalue weighted by atomic mass is 19.1. The zero-order valence-corrected chi connectivity index (χ0v) is 10.6. The van der Waals surface area contributed by atoms with E-state index in [4.69, 9.17) is 5.73 Å². The molecule has 0 heterocycles. The van der Waals surface area contributed by atoms with Gasteiger partial charge in [0.25, 0.3) is 0 Å². The number of anilines is 2. The van der Waals surface area contributed by atoms with Crippen LogP contribution in [0.2, 0.25) is 0 Å². The van der Waals surface area contributed by atoms with Gasteiger partial charge in [-0.3, -0.25) is 4.79 Å². The molecule has 0 radical (unpaired) electrons. The molecule has 4 heteroatoms. The fraction of sp³-hybridized carbons (Fsp3) is 0.133. The van der Waals surface area contributed by atoms with Crippen molar-refractivity contribution < 1.29 is 9.18 Å². The van der Waals surface area contributed by atoms with Gasteiger partial charge in [-0.2, -0.15) is 0 Å². The molecule has 0 unspecified atom stereocenters. The highest BCUT2D eigenvalue weighted by Crippen LogP contribution is 2.19. The first-order valence-electron chi connectivity index (χ1n) is 5.95. The molecule has 0 aliphatic rings. The van der Waals surface area contributed by atoms with Crippen LogP contribution in [0.3, 0.4) is 0 Å². The normalized spacial score (nSPS) is 10.2. The summed E-state index contributed by atoms with van der Waals surface area (Å²) in [5, 5.41) is 2.62. The molecule has 3 nitrogen and oxygen atoms in total. The molecule has 0 saturated carbocycles. The van der Waals surface area contributed by atoms with Gasteiger partial charge in [-0.1, -0.05) is 24.3 Å². The van der Waals surface area contributed by atoms with E-state index in [-0.39, 0.29) is 12.3 Å². The number of amides is 1. The summed E-state index contributed by atoms with van der Waals surface area (Å²) < 4.78 is 13.1. The second-order valence-electron chi connectivity index (χ2n) is 4.38. The number of benzene rings is 2. The Morgan fingerprint density at radius 1 is 1.26 bits per heavy atom. The lowest BCUT2D eigenvalue weighted by molar-refractivity contribution is -0.115. The van der Waals surface area contributed by atoms with Crippen LogP contribution in [0.4, 0.5) is 15.8 Å². The molecule has 0 aliphatic carbocycles. The maximum atomic E-state index is 13.1. The molecule has 0 spiro atoms.